The van der Waals surface area contributed by atoms with Gasteiger partial charge < -0.3 is 19.1 Å². The van der Waals surface area contributed by atoms with Gasteiger partial charge in [0.25, 0.3) is 11.8 Å². The van der Waals surface area contributed by atoms with Gasteiger partial charge >= 0.3 is 0 Å². The SMILES string of the molecule is C[C@H]1OCCN(C(=O)c2ccc(N(C)C)nc2)[C@@H]1c1nc(C2CC2)no1. The lowest BCUT2D eigenvalue weighted by Crippen LogP contribution is -2.47. The third kappa shape index (κ3) is 3.16. The Hall–Kier alpha value is -2.48. The standard InChI is InChI=1S/C18H23N5O3/c1-11-15(17-20-16(21-26-17)12-4-5-12)23(8-9-25-11)18(24)13-6-7-14(19-10-13)22(2)3/h6-7,10-12,15H,4-5,8-9H2,1-3H3/t11-,15+/m1/s1. The van der Waals surface area contributed by atoms with Gasteiger partial charge in [-0.1, -0.05) is 5.16 Å². The number of hydrogen-bond donors (Lipinski definition) is 0. The molecule has 1 aliphatic heterocycles. The minimum Gasteiger partial charge on any atom is -0.374 e. The molecule has 2 aromatic rings. The van der Waals surface area contributed by atoms with Crippen LogP contribution in [0.25, 0.3) is 0 Å². The third-order valence-corrected chi connectivity index (χ3v) is 4.86. The molecule has 138 valence electrons. The molecular weight excluding hydrogens is 334 g/mol. The van der Waals surface area contributed by atoms with E-state index in [-0.39, 0.29) is 18.1 Å². The predicted molar refractivity (Wildman–Crippen MR) is 94.0 cm³/mol. The van der Waals surface area contributed by atoms with E-state index in [1.807, 2.05) is 32.0 Å². The molecule has 0 aromatic carbocycles. The van der Waals surface area contributed by atoms with Crippen molar-refractivity contribution in [3.8, 4) is 0 Å². The topological polar surface area (TPSA) is 84.6 Å². The monoisotopic (exact) mass is 357 g/mol. The highest BCUT2D eigenvalue weighted by Gasteiger charge is 2.39. The second-order valence-electron chi connectivity index (χ2n) is 7.08. The van der Waals surface area contributed by atoms with Crippen molar-refractivity contribution in [3.63, 3.8) is 0 Å². The summed E-state index contributed by atoms with van der Waals surface area (Å²) in [5, 5.41) is 4.09. The maximum absolute atomic E-state index is 13.1. The number of morpholine rings is 1. The van der Waals surface area contributed by atoms with Gasteiger partial charge in [-0.2, -0.15) is 4.98 Å². The molecule has 4 rings (SSSR count). The fraction of sp³-hybridized carbons (Fsp3) is 0.556. The van der Waals surface area contributed by atoms with E-state index in [1.165, 1.54) is 0 Å². The van der Waals surface area contributed by atoms with E-state index in [2.05, 4.69) is 15.1 Å². The third-order valence-electron chi connectivity index (χ3n) is 4.86. The van der Waals surface area contributed by atoms with Gasteiger partial charge in [-0.05, 0) is 31.9 Å². The van der Waals surface area contributed by atoms with Crippen LogP contribution in [0.2, 0.25) is 0 Å². The normalized spacial score (nSPS) is 23.1. The van der Waals surface area contributed by atoms with E-state index in [9.17, 15) is 4.79 Å². The maximum Gasteiger partial charge on any atom is 0.256 e. The molecule has 1 aliphatic carbocycles. The number of anilines is 1. The van der Waals surface area contributed by atoms with Crippen LogP contribution in [0.5, 0.6) is 0 Å². The Balaban J connectivity index is 1.59. The largest absolute Gasteiger partial charge is 0.374 e. The summed E-state index contributed by atoms with van der Waals surface area (Å²) in [7, 11) is 3.83. The Labute approximate surface area is 152 Å². The van der Waals surface area contributed by atoms with Crippen LogP contribution in [0.15, 0.2) is 22.9 Å². The van der Waals surface area contributed by atoms with Crippen LogP contribution in [0, 0.1) is 0 Å². The average molecular weight is 357 g/mol. The second kappa shape index (κ2) is 6.68. The molecule has 0 unspecified atom stereocenters. The lowest BCUT2D eigenvalue weighted by Gasteiger charge is -2.37. The first-order chi connectivity index (χ1) is 12.5. The van der Waals surface area contributed by atoms with Crippen LogP contribution in [-0.2, 0) is 4.74 Å². The molecule has 0 N–H and O–H groups in total. The Bertz CT molecular complexity index is 784. The first-order valence-corrected chi connectivity index (χ1v) is 8.94. The fourth-order valence-corrected chi connectivity index (χ4v) is 3.20. The molecular formula is C18H23N5O3. The number of rotatable bonds is 4. The molecule has 2 fully saturated rings. The van der Waals surface area contributed by atoms with Gasteiger partial charge in [-0.25, -0.2) is 4.98 Å². The van der Waals surface area contributed by atoms with Crippen molar-refractivity contribution >= 4 is 11.7 Å². The van der Waals surface area contributed by atoms with Crippen LogP contribution in [0.4, 0.5) is 5.82 Å². The molecule has 1 amide bonds. The summed E-state index contributed by atoms with van der Waals surface area (Å²) in [6.45, 7) is 2.89. The molecule has 0 spiro atoms. The fourth-order valence-electron chi connectivity index (χ4n) is 3.20. The number of nitrogens with zero attached hydrogens (tertiary/aromatic N) is 5. The lowest BCUT2D eigenvalue weighted by atomic mass is 10.1. The summed E-state index contributed by atoms with van der Waals surface area (Å²) in [6, 6.07) is 3.25. The van der Waals surface area contributed by atoms with Crippen molar-refractivity contribution < 1.29 is 14.1 Å². The first-order valence-electron chi connectivity index (χ1n) is 8.94. The highest BCUT2D eigenvalue weighted by molar-refractivity contribution is 5.94. The zero-order chi connectivity index (χ0) is 18.3. The van der Waals surface area contributed by atoms with Gasteiger partial charge in [0.1, 0.15) is 11.9 Å². The average Bonchev–Trinajstić information content (AvgIpc) is 3.39. The Morgan fingerprint density at radius 1 is 1.31 bits per heavy atom. The molecule has 0 bridgehead atoms. The summed E-state index contributed by atoms with van der Waals surface area (Å²) < 4.78 is 11.2. The second-order valence-corrected chi connectivity index (χ2v) is 7.08. The summed E-state index contributed by atoms with van der Waals surface area (Å²) in [5.74, 6) is 2.29. The predicted octanol–water partition coefficient (Wildman–Crippen LogP) is 2.01. The van der Waals surface area contributed by atoms with Gasteiger partial charge in [0.15, 0.2) is 5.82 Å². The molecule has 1 saturated carbocycles. The molecule has 2 aliphatic rings. The van der Waals surface area contributed by atoms with Crippen molar-refractivity contribution in [1.29, 1.82) is 0 Å². The van der Waals surface area contributed by atoms with Crippen LogP contribution in [0.1, 0.15) is 53.8 Å². The zero-order valence-corrected chi connectivity index (χ0v) is 15.3. The van der Waals surface area contributed by atoms with Gasteiger partial charge in [0.2, 0.25) is 0 Å². The first kappa shape index (κ1) is 17.0. The number of ether oxygens (including phenoxy) is 1. The van der Waals surface area contributed by atoms with Gasteiger partial charge in [0.05, 0.1) is 18.3 Å². The molecule has 8 heteroatoms. The van der Waals surface area contributed by atoms with E-state index in [0.29, 0.717) is 30.5 Å². The van der Waals surface area contributed by atoms with Gasteiger partial charge in [-0.3, -0.25) is 4.79 Å². The maximum atomic E-state index is 13.1. The Morgan fingerprint density at radius 2 is 2.12 bits per heavy atom. The zero-order valence-electron chi connectivity index (χ0n) is 15.3. The van der Waals surface area contributed by atoms with Crippen molar-refractivity contribution in [1.82, 2.24) is 20.0 Å². The quantitative estimate of drug-likeness (QED) is 0.827. The number of carbonyl (C=O) groups is 1. The Morgan fingerprint density at radius 3 is 2.77 bits per heavy atom. The number of pyridine rings is 1. The van der Waals surface area contributed by atoms with Crippen LogP contribution < -0.4 is 4.90 Å². The number of carbonyl (C=O) groups excluding carboxylic acids is 1. The molecule has 2 atom stereocenters. The lowest BCUT2D eigenvalue weighted by molar-refractivity contribution is -0.0600. The van der Waals surface area contributed by atoms with E-state index in [0.717, 1.165) is 24.5 Å². The van der Waals surface area contributed by atoms with Crippen LogP contribution >= 0.6 is 0 Å². The summed E-state index contributed by atoms with van der Waals surface area (Å²) in [4.78, 5) is 25.6. The van der Waals surface area contributed by atoms with Crippen molar-refractivity contribution in [2.24, 2.45) is 0 Å². The van der Waals surface area contributed by atoms with Crippen molar-refractivity contribution in [2.75, 3.05) is 32.1 Å². The van der Waals surface area contributed by atoms with Crippen LogP contribution in [-0.4, -0.2) is 59.3 Å². The molecule has 3 heterocycles. The highest BCUT2D eigenvalue weighted by atomic mass is 16.5. The van der Waals surface area contributed by atoms with Gasteiger partial charge in [-0.15, -0.1) is 0 Å². The summed E-state index contributed by atoms with van der Waals surface area (Å²) in [5.41, 5.74) is 0.539. The number of amides is 1. The van der Waals surface area contributed by atoms with Crippen LogP contribution in [0.3, 0.4) is 0 Å². The van der Waals surface area contributed by atoms with E-state index < -0.39 is 0 Å². The van der Waals surface area contributed by atoms with E-state index in [1.54, 1.807) is 17.2 Å². The highest BCUT2D eigenvalue weighted by Crippen LogP contribution is 2.39. The molecule has 2 aromatic heterocycles. The summed E-state index contributed by atoms with van der Waals surface area (Å²) >= 11 is 0. The molecule has 26 heavy (non-hydrogen) atoms. The van der Waals surface area contributed by atoms with E-state index >= 15 is 0 Å². The van der Waals surface area contributed by atoms with Crippen molar-refractivity contribution in [2.45, 2.75) is 37.8 Å². The smallest absolute Gasteiger partial charge is 0.256 e. The molecule has 8 nitrogen and oxygen atoms in total. The Kier molecular flexibility index (Phi) is 4.36. The minimum atomic E-state index is -0.384. The summed E-state index contributed by atoms with van der Waals surface area (Å²) in [6.07, 6.45) is 3.59. The van der Waals surface area contributed by atoms with Crippen molar-refractivity contribution in [3.05, 3.63) is 35.6 Å². The van der Waals surface area contributed by atoms with E-state index in [4.69, 9.17) is 9.26 Å². The van der Waals surface area contributed by atoms with Gasteiger partial charge in [0, 0.05) is 32.8 Å². The minimum absolute atomic E-state index is 0.103. The number of aromatic nitrogens is 3. The molecule has 0 radical (unpaired) electrons. The number of hydrogen-bond acceptors (Lipinski definition) is 7. The molecule has 1 saturated heterocycles.